The maximum atomic E-state index is 6.08. The van der Waals surface area contributed by atoms with Crippen molar-refractivity contribution >= 4 is 0 Å². The number of hydrogen-bond donors (Lipinski definition) is 1. The van der Waals surface area contributed by atoms with Crippen LogP contribution in [0, 0.1) is 0 Å². The fourth-order valence-corrected chi connectivity index (χ4v) is 2.12. The summed E-state index contributed by atoms with van der Waals surface area (Å²) in [6.07, 6.45) is 1.77. The van der Waals surface area contributed by atoms with Gasteiger partial charge in [0.1, 0.15) is 5.75 Å². The van der Waals surface area contributed by atoms with Crippen LogP contribution in [-0.4, -0.2) is 11.0 Å². The maximum Gasteiger partial charge on any atom is 0.223 e. The number of pyridine rings is 1. The highest BCUT2D eigenvalue weighted by Crippen LogP contribution is 2.30. The highest BCUT2D eigenvalue weighted by atomic mass is 16.5. The van der Waals surface area contributed by atoms with Crippen molar-refractivity contribution in [2.24, 2.45) is 0 Å². The van der Waals surface area contributed by atoms with Crippen LogP contribution >= 0.6 is 0 Å². The number of nitrogens with zero attached hydrogens (tertiary/aromatic N) is 1. The van der Waals surface area contributed by atoms with Crippen molar-refractivity contribution in [1.82, 2.24) is 10.3 Å². The third-order valence-corrected chi connectivity index (χ3v) is 3.30. The molecule has 2 aromatic rings. The first-order chi connectivity index (χ1) is 10.1. The largest absolute Gasteiger partial charge is 0.438 e. The van der Waals surface area contributed by atoms with Crippen LogP contribution in [-0.2, 0) is 6.54 Å². The fourth-order valence-electron chi connectivity index (χ4n) is 2.12. The van der Waals surface area contributed by atoms with Crippen LogP contribution < -0.4 is 10.1 Å². The van der Waals surface area contributed by atoms with Gasteiger partial charge in [0, 0.05) is 24.3 Å². The van der Waals surface area contributed by atoms with Gasteiger partial charge >= 0.3 is 0 Å². The van der Waals surface area contributed by atoms with E-state index >= 15 is 0 Å². The predicted molar refractivity (Wildman–Crippen MR) is 86.8 cm³/mol. The zero-order valence-electron chi connectivity index (χ0n) is 13.3. The molecule has 112 valence electrons. The zero-order chi connectivity index (χ0) is 15.2. The molecular formula is C18H24N2O. The second-order valence-electron chi connectivity index (χ2n) is 5.80. The van der Waals surface area contributed by atoms with E-state index in [1.807, 2.05) is 24.3 Å². The molecule has 3 nitrogen and oxygen atoms in total. The molecule has 1 heterocycles. The van der Waals surface area contributed by atoms with E-state index in [2.05, 4.69) is 50.1 Å². The zero-order valence-corrected chi connectivity index (χ0v) is 13.3. The minimum Gasteiger partial charge on any atom is -0.438 e. The lowest BCUT2D eigenvalue weighted by Crippen LogP contribution is -2.22. The summed E-state index contributed by atoms with van der Waals surface area (Å²) in [4.78, 5) is 4.39. The molecule has 0 saturated carbocycles. The standard InChI is InChI=1S/C18H24N2O/c1-13(2)16-9-5-6-10-17(16)21-18-15(8-7-11-19-18)12-20-14(3)4/h5-11,13-14,20H,12H2,1-4H3. The average Bonchev–Trinajstić information content (AvgIpc) is 2.46. The monoisotopic (exact) mass is 284 g/mol. The van der Waals surface area contributed by atoms with E-state index in [-0.39, 0.29) is 0 Å². The molecule has 0 aliphatic rings. The lowest BCUT2D eigenvalue weighted by atomic mass is 10.0. The number of para-hydroxylation sites is 1. The van der Waals surface area contributed by atoms with Crippen LogP contribution in [0.3, 0.4) is 0 Å². The molecule has 21 heavy (non-hydrogen) atoms. The van der Waals surface area contributed by atoms with Crippen LogP contribution in [0.2, 0.25) is 0 Å². The first kappa shape index (κ1) is 15.5. The van der Waals surface area contributed by atoms with Crippen LogP contribution in [0.4, 0.5) is 0 Å². The van der Waals surface area contributed by atoms with Gasteiger partial charge < -0.3 is 10.1 Å². The van der Waals surface area contributed by atoms with Gasteiger partial charge in [-0.05, 0) is 23.6 Å². The first-order valence-corrected chi connectivity index (χ1v) is 7.52. The molecule has 0 bridgehead atoms. The van der Waals surface area contributed by atoms with Gasteiger partial charge in [0.05, 0.1) is 0 Å². The Kier molecular flexibility index (Phi) is 5.34. The molecule has 0 atom stereocenters. The lowest BCUT2D eigenvalue weighted by molar-refractivity contribution is 0.443. The van der Waals surface area contributed by atoms with Gasteiger partial charge in [-0.2, -0.15) is 0 Å². The summed E-state index contributed by atoms with van der Waals surface area (Å²) < 4.78 is 6.08. The molecule has 3 heteroatoms. The molecule has 0 spiro atoms. The third-order valence-electron chi connectivity index (χ3n) is 3.30. The quantitative estimate of drug-likeness (QED) is 0.848. The summed E-state index contributed by atoms with van der Waals surface area (Å²) >= 11 is 0. The average molecular weight is 284 g/mol. The summed E-state index contributed by atoms with van der Waals surface area (Å²) in [5.74, 6) is 1.98. The van der Waals surface area contributed by atoms with E-state index < -0.39 is 0 Å². The van der Waals surface area contributed by atoms with Gasteiger partial charge in [-0.25, -0.2) is 4.98 Å². The van der Waals surface area contributed by atoms with Crippen LogP contribution in [0.1, 0.15) is 44.7 Å². The second kappa shape index (κ2) is 7.23. The van der Waals surface area contributed by atoms with Crippen molar-refractivity contribution in [3.8, 4) is 11.6 Å². The minimum atomic E-state index is 0.419. The van der Waals surface area contributed by atoms with Crippen molar-refractivity contribution < 1.29 is 4.74 Å². The van der Waals surface area contributed by atoms with Crippen molar-refractivity contribution in [3.63, 3.8) is 0 Å². The SMILES string of the molecule is CC(C)NCc1cccnc1Oc1ccccc1C(C)C. The molecule has 1 aromatic heterocycles. The molecule has 0 unspecified atom stereocenters. The molecule has 0 aliphatic heterocycles. The molecule has 0 radical (unpaired) electrons. The number of hydrogen-bond acceptors (Lipinski definition) is 3. The second-order valence-corrected chi connectivity index (χ2v) is 5.80. The Labute approximate surface area is 127 Å². The molecule has 1 aromatic carbocycles. The Hall–Kier alpha value is -1.87. The van der Waals surface area contributed by atoms with Gasteiger partial charge in [-0.1, -0.05) is 52.0 Å². The maximum absolute atomic E-state index is 6.08. The van der Waals surface area contributed by atoms with Gasteiger partial charge in [0.2, 0.25) is 5.88 Å². The van der Waals surface area contributed by atoms with Gasteiger partial charge in [-0.15, -0.1) is 0 Å². The van der Waals surface area contributed by atoms with Crippen molar-refractivity contribution in [2.45, 2.75) is 46.2 Å². The normalized spacial score (nSPS) is 11.1. The lowest BCUT2D eigenvalue weighted by Gasteiger charge is -2.15. The van der Waals surface area contributed by atoms with E-state index in [0.29, 0.717) is 17.8 Å². The van der Waals surface area contributed by atoms with Crippen molar-refractivity contribution in [1.29, 1.82) is 0 Å². The van der Waals surface area contributed by atoms with E-state index in [0.717, 1.165) is 17.9 Å². The van der Waals surface area contributed by atoms with Crippen LogP contribution in [0.25, 0.3) is 0 Å². The Bertz CT molecular complexity index is 579. The predicted octanol–water partition coefficient (Wildman–Crippen LogP) is 4.50. The fraction of sp³-hybridized carbons (Fsp3) is 0.389. The summed E-state index contributed by atoms with van der Waals surface area (Å²) in [5, 5.41) is 3.41. The number of aromatic nitrogens is 1. The Morgan fingerprint density at radius 2 is 1.81 bits per heavy atom. The molecule has 1 N–H and O–H groups in total. The molecule has 0 aliphatic carbocycles. The highest BCUT2D eigenvalue weighted by Gasteiger charge is 2.11. The van der Waals surface area contributed by atoms with E-state index in [1.165, 1.54) is 5.56 Å². The van der Waals surface area contributed by atoms with Crippen LogP contribution in [0.15, 0.2) is 42.6 Å². The Morgan fingerprint density at radius 1 is 1.05 bits per heavy atom. The van der Waals surface area contributed by atoms with Crippen molar-refractivity contribution in [3.05, 3.63) is 53.7 Å². The molecular weight excluding hydrogens is 260 g/mol. The molecule has 2 rings (SSSR count). The number of benzene rings is 1. The summed E-state index contributed by atoms with van der Waals surface area (Å²) in [6, 6.07) is 12.6. The molecule has 0 saturated heterocycles. The third kappa shape index (κ3) is 4.30. The van der Waals surface area contributed by atoms with Gasteiger partial charge in [0.15, 0.2) is 0 Å². The summed E-state index contributed by atoms with van der Waals surface area (Å²) in [7, 11) is 0. The number of ether oxygens (including phenoxy) is 1. The van der Waals surface area contributed by atoms with Crippen LogP contribution in [0.5, 0.6) is 11.6 Å². The summed E-state index contributed by atoms with van der Waals surface area (Å²) in [5.41, 5.74) is 2.27. The molecule has 0 amide bonds. The van der Waals surface area contributed by atoms with E-state index in [4.69, 9.17) is 4.74 Å². The van der Waals surface area contributed by atoms with E-state index in [1.54, 1.807) is 6.20 Å². The van der Waals surface area contributed by atoms with Crippen molar-refractivity contribution in [2.75, 3.05) is 0 Å². The smallest absolute Gasteiger partial charge is 0.223 e. The Morgan fingerprint density at radius 3 is 2.52 bits per heavy atom. The Balaban J connectivity index is 2.24. The summed E-state index contributed by atoms with van der Waals surface area (Å²) in [6.45, 7) is 9.35. The number of nitrogens with one attached hydrogen (secondary N) is 1. The number of rotatable bonds is 6. The van der Waals surface area contributed by atoms with Gasteiger partial charge in [0.25, 0.3) is 0 Å². The first-order valence-electron chi connectivity index (χ1n) is 7.52. The highest BCUT2D eigenvalue weighted by molar-refractivity contribution is 5.39. The molecule has 0 fully saturated rings. The topological polar surface area (TPSA) is 34.2 Å². The minimum absolute atomic E-state index is 0.419. The van der Waals surface area contributed by atoms with E-state index in [9.17, 15) is 0 Å². The van der Waals surface area contributed by atoms with Gasteiger partial charge in [-0.3, -0.25) is 0 Å².